The van der Waals surface area contributed by atoms with E-state index in [0.717, 1.165) is 5.69 Å². The van der Waals surface area contributed by atoms with Crippen molar-refractivity contribution in [3.05, 3.63) is 53.5 Å². The number of pyridine rings is 2. The number of fused-ring (bicyclic) bond motifs is 1. The third-order valence-corrected chi connectivity index (χ3v) is 5.02. The van der Waals surface area contributed by atoms with Gasteiger partial charge in [0, 0.05) is 23.0 Å². The van der Waals surface area contributed by atoms with E-state index in [-0.39, 0.29) is 5.91 Å². The first-order chi connectivity index (χ1) is 13.5. The zero-order chi connectivity index (χ0) is 19.7. The highest BCUT2D eigenvalue weighted by atomic mass is 35.5. The van der Waals surface area contributed by atoms with Crippen molar-refractivity contribution in [2.45, 2.75) is 6.92 Å². The fourth-order valence-corrected chi connectivity index (χ4v) is 3.59. The van der Waals surface area contributed by atoms with Crippen molar-refractivity contribution in [1.82, 2.24) is 24.9 Å². The first kappa shape index (κ1) is 18.2. The molecule has 0 radical (unpaired) electrons. The molecule has 0 saturated heterocycles. The highest BCUT2D eigenvalue weighted by Crippen LogP contribution is 2.34. The summed E-state index contributed by atoms with van der Waals surface area (Å²) in [6, 6.07) is 3.45. The molecule has 1 N–H and O–H groups in total. The van der Waals surface area contributed by atoms with Gasteiger partial charge in [-0.05, 0) is 19.1 Å². The number of halogens is 1. The molecule has 28 heavy (non-hydrogen) atoms. The third-order valence-electron chi connectivity index (χ3n) is 3.92. The van der Waals surface area contributed by atoms with Crippen LogP contribution in [0.5, 0.6) is 5.75 Å². The average molecular weight is 413 g/mol. The number of nitrogens with zero attached hydrogens (tertiary/aromatic N) is 5. The van der Waals surface area contributed by atoms with Crippen LogP contribution in [-0.2, 0) is 0 Å². The van der Waals surface area contributed by atoms with Crippen LogP contribution in [0.3, 0.4) is 0 Å². The van der Waals surface area contributed by atoms with Crippen molar-refractivity contribution in [2.24, 2.45) is 0 Å². The molecule has 4 aromatic heterocycles. The van der Waals surface area contributed by atoms with Gasteiger partial charge in [0.2, 0.25) is 0 Å². The van der Waals surface area contributed by atoms with E-state index in [1.165, 1.54) is 37.2 Å². The summed E-state index contributed by atoms with van der Waals surface area (Å²) in [6.45, 7) is 1.84. The molecule has 0 spiro atoms. The Bertz CT molecular complexity index is 1160. The van der Waals surface area contributed by atoms with E-state index in [4.69, 9.17) is 16.3 Å². The maximum absolute atomic E-state index is 13.0. The Balaban J connectivity index is 1.76. The normalized spacial score (nSPS) is 10.8. The fourth-order valence-electron chi connectivity index (χ4n) is 2.66. The molecule has 4 heterocycles. The number of rotatable bonds is 4. The standard InChI is InChI=1S/C18H13ClN6O2S/c1-9-3-10(11-4-15(19)22-7-14(11)27-2)12(5-21-9)16(26)25-18-24-13-6-20-8-23-17(13)28-18/h3-8H,1-2H3,(H,24,25,26). The first-order valence-corrected chi connectivity index (χ1v) is 9.29. The minimum absolute atomic E-state index is 0.293. The molecule has 1 amide bonds. The second-order valence-electron chi connectivity index (χ2n) is 5.76. The number of anilines is 1. The van der Waals surface area contributed by atoms with Crippen molar-refractivity contribution in [3.63, 3.8) is 0 Å². The van der Waals surface area contributed by atoms with Gasteiger partial charge in [-0.15, -0.1) is 0 Å². The third kappa shape index (κ3) is 3.49. The quantitative estimate of drug-likeness (QED) is 0.509. The SMILES string of the molecule is COc1cnc(Cl)cc1-c1cc(C)ncc1C(=O)Nc1nc2cncnc2s1. The lowest BCUT2D eigenvalue weighted by molar-refractivity contribution is 0.102. The summed E-state index contributed by atoms with van der Waals surface area (Å²) in [5, 5.41) is 3.52. The Morgan fingerprint density at radius 2 is 2.00 bits per heavy atom. The Morgan fingerprint density at radius 3 is 2.79 bits per heavy atom. The van der Waals surface area contributed by atoms with Crippen molar-refractivity contribution >= 4 is 44.3 Å². The molecular formula is C18H13ClN6O2S. The van der Waals surface area contributed by atoms with Crippen LogP contribution in [0.1, 0.15) is 16.1 Å². The van der Waals surface area contributed by atoms with Gasteiger partial charge < -0.3 is 4.74 Å². The molecule has 4 rings (SSSR count). The molecule has 0 aliphatic carbocycles. The number of ether oxygens (including phenoxy) is 1. The minimum atomic E-state index is -0.357. The van der Waals surface area contributed by atoms with E-state index in [1.807, 2.05) is 6.92 Å². The van der Waals surface area contributed by atoms with Crippen LogP contribution < -0.4 is 10.1 Å². The van der Waals surface area contributed by atoms with Crippen molar-refractivity contribution in [1.29, 1.82) is 0 Å². The van der Waals surface area contributed by atoms with Gasteiger partial charge in [0.05, 0.1) is 25.1 Å². The predicted molar refractivity (Wildman–Crippen MR) is 107 cm³/mol. The summed E-state index contributed by atoms with van der Waals surface area (Å²) in [5.41, 5.74) is 3.00. The van der Waals surface area contributed by atoms with Gasteiger partial charge >= 0.3 is 0 Å². The maximum Gasteiger partial charge on any atom is 0.259 e. The molecule has 0 bridgehead atoms. The van der Waals surface area contributed by atoms with E-state index in [1.54, 1.807) is 18.3 Å². The molecule has 8 nitrogen and oxygen atoms in total. The largest absolute Gasteiger partial charge is 0.494 e. The summed E-state index contributed by atoms with van der Waals surface area (Å²) >= 11 is 7.33. The zero-order valence-corrected chi connectivity index (χ0v) is 16.4. The van der Waals surface area contributed by atoms with Gasteiger partial charge in [-0.1, -0.05) is 22.9 Å². The second kappa shape index (κ2) is 7.45. The number of amides is 1. The number of hydrogen-bond acceptors (Lipinski definition) is 8. The Kier molecular flexibility index (Phi) is 4.84. The molecule has 0 aliphatic rings. The molecule has 0 fully saturated rings. The van der Waals surface area contributed by atoms with Gasteiger partial charge in [0.15, 0.2) is 5.13 Å². The van der Waals surface area contributed by atoms with Crippen LogP contribution in [0.25, 0.3) is 21.5 Å². The smallest absolute Gasteiger partial charge is 0.259 e. The lowest BCUT2D eigenvalue weighted by atomic mass is 10.0. The van der Waals surface area contributed by atoms with Gasteiger partial charge in [-0.3, -0.25) is 15.1 Å². The maximum atomic E-state index is 13.0. The summed E-state index contributed by atoms with van der Waals surface area (Å²) in [6.07, 6.45) is 6.06. The number of carbonyl (C=O) groups excluding carboxylic acids is 1. The lowest BCUT2D eigenvalue weighted by Crippen LogP contribution is -2.14. The molecule has 0 unspecified atom stereocenters. The molecule has 0 saturated carbocycles. The Hall–Kier alpha value is -3.17. The second-order valence-corrected chi connectivity index (χ2v) is 7.13. The number of aryl methyl sites for hydroxylation is 1. The van der Waals surface area contributed by atoms with Crippen LogP contribution in [0, 0.1) is 6.92 Å². The highest BCUT2D eigenvalue weighted by Gasteiger charge is 2.19. The van der Waals surface area contributed by atoms with E-state index in [9.17, 15) is 4.79 Å². The highest BCUT2D eigenvalue weighted by molar-refractivity contribution is 7.21. The van der Waals surface area contributed by atoms with Gasteiger partial charge in [0.1, 0.15) is 27.6 Å². The number of thiazole rings is 1. The van der Waals surface area contributed by atoms with Crippen LogP contribution >= 0.6 is 22.9 Å². The van der Waals surface area contributed by atoms with E-state index in [2.05, 4.69) is 30.2 Å². The summed E-state index contributed by atoms with van der Waals surface area (Å²) < 4.78 is 5.39. The van der Waals surface area contributed by atoms with Crippen LogP contribution in [0.4, 0.5) is 5.13 Å². The zero-order valence-electron chi connectivity index (χ0n) is 14.8. The molecular weight excluding hydrogens is 400 g/mol. The van der Waals surface area contributed by atoms with E-state index < -0.39 is 0 Å². The average Bonchev–Trinajstić information content (AvgIpc) is 3.10. The van der Waals surface area contributed by atoms with Crippen LogP contribution in [0.15, 0.2) is 37.1 Å². The molecule has 140 valence electrons. The van der Waals surface area contributed by atoms with Crippen molar-refractivity contribution in [2.75, 3.05) is 12.4 Å². The molecule has 0 aromatic carbocycles. The first-order valence-electron chi connectivity index (χ1n) is 8.09. The van der Waals surface area contributed by atoms with Crippen molar-refractivity contribution in [3.8, 4) is 16.9 Å². The van der Waals surface area contributed by atoms with Gasteiger partial charge in [-0.25, -0.2) is 19.9 Å². The van der Waals surface area contributed by atoms with Crippen LogP contribution in [0.2, 0.25) is 5.15 Å². The molecule has 4 aromatic rings. The van der Waals surface area contributed by atoms with Gasteiger partial charge in [0.25, 0.3) is 5.91 Å². The number of nitrogens with one attached hydrogen (secondary N) is 1. The van der Waals surface area contributed by atoms with E-state index in [0.29, 0.717) is 43.1 Å². The lowest BCUT2D eigenvalue weighted by Gasteiger charge is -2.13. The summed E-state index contributed by atoms with van der Waals surface area (Å²) in [7, 11) is 1.53. The molecule has 0 atom stereocenters. The topological polar surface area (TPSA) is 103 Å². The number of carbonyl (C=O) groups is 1. The molecule has 10 heteroatoms. The number of aromatic nitrogens is 5. The van der Waals surface area contributed by atoms with Crippen molar-refractivity contribution < 1.29 is 9.53 Å². The van der Waals surface area contributed by atoms with E-state index >= 15 is 0 Å². The fraction of sp³-hybridized carbons (Fsp3) is 0.111. The Labute approximate surface area is 168 Å². The Morgan fingerprint density at radius 1 is 1.14 bits per heavy atom. The number of hydrogen-bond donors (Lipinski definition) is 1. The summed E-state index contributed by atoms with van der Waals surface area (Å²) in [4.78, 5) is 34.3. The minimum Gasteiger partial charge on any atom is -0.494 e. The molecule has 0 aliphatic heterocycles. The summed E-state index contributed by atoms with van der Waals surface area (Å²) in [5.74, 6) is 0.142. The van der Waals surface area contributed by atoms with Gasteiger partial charge in [-0.2, -0.15) is 0 Å². The predicted octanol–water partition coefficient (Wildman–Crippen LogP) is 3.77. The van der Waals surface area contributed by atoms with Crippen LogP contribution in [-0.4, -0.2) is 37.9 Å². The monoisotopic (exact) mass is 412 g/mol. The number of methoxy groups -OCH3 is 1.